The van der Waals surface area contributed by atoms with E-state index in [9.17, 15) is 0 Å². The number of hydrogen-bond donors (Lipinski definition) is 1. The molecule has 0 aromatic heterocycles. The maximum absolute atomic E-state index is 5.69. The zero-order chi connectivity index (χ0) is 14.9. The Morgan fingerprint density at radius 3 is 2.55 bits per heavy atom. The summed E-state index contributed by atoms with van der Waals surface area (Å²) < 4.78 is 5.69. The Bertz CT molecular complexity index is 315. The van der Waals surface area contributed by atoms with Crippen LogP contribution in [-0.2, 0) is 4.74 Å². The van der Waals surface area contributed by atoms with E-state index in [4.69, 9.17) is 4.74 Å². The Morgan fingerprint density at radius 2 is 1.91 bits per heavy atom. The summed E-state index contributed by atoms with van der Waals surface area (Å²) in [5.74, 6) is 2.84. The summed E-state index contributed by atoms with van der Waals surface area (Å²) in [7, 11) is 3.95. The van der Waals surface area contributed by atoms with Crippen molar-refractivity contribution in [2.75, 3.05) is 40.4 Å². The molecule has 2 saturated carbocycles. The molecule has 2 aliphatic rings. The lowest BCUT2D eigenvalue weighted by Crippen LogP contribution is -2.41. The van der Waals surface area contributed by atoms with Gasteiger partial charge in [0.1, 0.15) is 0 Å². The first-order chi connectivity index (χ1) is 10.3. The van der Waals surface area contributed by atoms with Gasteiger partial charge in [-0.15, -0.1) is 24.0 Å². The van der Waals surface area contributed by atoms with Crippen LogP contribution in [0.5, 0.6) is 0 Å². The van der Waals surface area contributed by atoms with Crippen molar-refractivity contribution in [3.63, 3.8) is 0 Å². The molecule has 2 fully saturated rings. The fraction of sp³-hybridized carbons (Fsp3) is 0.941. The Hall–Kier alpha value is -0.0400. The smallest absolute Gasteiger partial charge is 0.193 e. The fourth-order valence-corrected chi connectivity index (χ4v) is 3.12. The minimum absolute atomic E-state index is 0. The van der Waals surface area contributed by atoms with Gasteiger partial charge in [0.05, 0.1) is 6.61 Å². The first-order valence-corrected chi connectivity index (χ1v) is 8.79. The van der Waals surface area contributed by atoms with Gasteiger partial charge in [0.25, 0.3) is 0 Å². The molecule has 0 radical (unpaired) electrons. The highest BCUT2D eigenvalue weighted by Crippen LogP contribution is 2.29. The Labute approximate surface area is 153 Å². The average molecular weight is 423 g/mol. The molecule has 0 heterocycles. The zero-order valence-corrected chi connectivity index (χ0v) is 16.7. The van der Waals surface area contributed by atoms with E-state index in [2.05, 4.69) is 22.3 Å². The first-order valence-electron chi connectivity index (χ1n) is 8.79. The van der Waals surface area contributed by atoms with Crippen molar-refractivity contribution in [2.45, 2.75) is 51.4 Å². The largest absolute Gasteiger partial charge is 0.379 e. The van der Waals surface area contributed by atoms with Crippen molar-refractivity contribution in [2.24, 2.45) is 16.8 Å². The molecule has 0 amide bonds. The number of ether oxygens (including phenoxy) is 1. The average Bonchev–Trinajstić information content (AvgIpc) is 3.17. The van der Waals surface area contributed by atoms with E-state index in [0.717, 1.165) is 44.1 Å². The van der Waals surface area contributed by atoms with Crippen LogP contribution in [0.3, 0.4) is 0 Å². The van der Waals surface area contributed by atoms with Gasteiger partial charge >= 0.3 is 0 Å². The molecule has 0 bridgehead atoms. The Kier molecular flexibility index (Phi) is 10.4. The minimum Gasteiger partial charge on any atom is -0.379 e. The lowest BCUT2D eigenvalue weighted by molar-refractivity contribution is 0.115. The van der Waals surface area contributed by atoms with Gasteiger partial charge in [0, 0.05) is 33.8 Å². The summed E-state index contributed by atoms with van der Waals surface area (Å²) in [5, 5.41) is 3.48. The van der Waals surface area contributed by atoms with Crippen LogP contribution < -0.4 is 5.32 Å². The van der Waals surface area contributed by atoms with E-state index in [1.165, 1.54) is 51.4 Å². The van der Waals surface area contributed by atoms with Crippen LogP contribution in [0.25, 0.3) is 0 Å². The van der Waals surface area contributed by atoms with Gasteiger partial charge in [0.2, 0.25) is 0 Å². The number of nitrogens with one attached hydrogen (secondary N) is 1. The summed E-state index contributed by atoms with van der Waals surface area (Å²) in [4.78, 5) is 6.53. The molecule has 0 aromatic carbocycles. The summed E-state index contributed by atoms with van der Waals surface area (Å²) >= 11 is 0. The van der Waals surface area contributed by atoms with Crippen molar-refractivity contribution < 1.29 is 4.74 Å². The van der Waals surface area contributed by atoms with Crippen molar-refractivity contribution >= 4 is 29.9 Å². The summed E-state index contributed by atoms with van der Waals surface area (Å²) in [6.07, 6.45) is 11.2. The fourth-order valence-electron chi connectivity index (χ4n) is 3.12. The van der Waals surface area contributed by atoms with Crippen molar-refractivity contribution in [3.05, 3.63) is 0 Å². The highest BCUT2D eigenvalue weighted by Gasteiger charge is 2.21. The molecule has 2 aliphatic carbocycles. The highest BCUT2D eigenvalue weighted by molar-refractivity contribution is 14.0. The second-order valence-electron chi connectivity index (χ2n) is 6.71. The van der Waals surface area contributed by atoms with E-state index >= 15 is 0 Å². The van der Waals surface area contributed by atoms with E-state index in [-0.39, 0.29) is 24.0 Å². The second kappa shape index (κ2) is 11.5. The molecule has 0 atom stereocenters. The second-order valence-corrected chi connectivity index (χ2v) is 6.71. The van der Waals surface area contributed by atoms with Crippen LogP contribution in [0.4, 0.5) is 0 Å². The van der Waals surface area contributed by atoms with Gasteiger partial charge in [0.15, 0.2) is 5.96 Å². The van der Waals surface area contributed by atoms with Gasteiger partial charge < -0.3 is 15.0 Å². The van der Waals surface area contributed by atoms with Gasteiger partial charge in [-0.3, -0.25) is 4.99 Å². The highest BCUT2D eigenvalue weighted by atomic mass is 127. The number of likely N-dealkylation sites (N-methyl/N-ethyl adjacent to an activating group) is 1. The minimum atomic E-state index is 0. The maximum Gasteiger partial charge on any atom is 0.193 e. The number of nitrogens with zero attached hydrogens (tertiary/aromatic N) is 2. The first kappa shape index (κ1) is 20.0. The molecule has 1 N–H and O–H groups in total. The number of aliphatic imine (C=N–C) groups is 1. The quantitative estimate of drug-likeness (QED) is 0.267. The standard InChI is InChI=1S/C17H33N3O.HI/c1-18-17(19-11-5-8-15-6-3-4-7-15)20(2)12-13-21-14-16-9-10-16;/h15-16H,3-14H2,1-2H3,(H,18,19);1H. The zero-order valence-electron chi connectivity index (χ0n) is 14.4. The van der Waals surface area contributed by atoms with Crippen LogP contribution in [0.15, 0.2) is 4.99 Å². The SMILES string of the molecule is CN=C(NCCCC1CCCC1)N(C)CCOCC1CC1.I. The van der Waals surface area contributed by atoms with Crippen LogP contribution >= 0.6 is 24.0 Å². The molecule has 22 heavy (non-hydrogen) atoms. The molecule has 0 unspecified atom stereocenters. The monoisotopic (exact) mass is 423 g/mol. The molecular weight excluding hydrogens is 389 g/mol. The van der Waals surface area contributed by atoms with Gasteiger partial charge in [-0.1, -0.05) is 25.7 Å². The lowest BCUT2D eigenvalue weighted by Gasteiger charge is -2.22. The van der Waals surface area contributed by atoms with Crippen molar-refractivity contribution in [3.8, 4) is 0 Å². The van der Waals surface area contributed by atoms with Crippen molar-refractivity contribution in [1.82, 2.24) is 10.2 Å². The number of rotatable bonds is 9. The number of hydrogen-bond acceptors (Lipinski definition) is 2. The molecule has 0 spiro atoms. The van der Waals surface area contributed by atoms with E-state index in [0.29, 0.717) is 0 Å². The molecule has 4 nitrogen and oxygen atoms in total. The summed E-state index contributed by atoms with van der Waals surface area (Å²) in [6, 6.07) is 0. The van der Waals surface area contributed by atoms with Crippen LogP contribution in [0.2, 0.25) is 0 Å². The lowest BCUT2D eigenvalue weighted by atomic mass is 10.0. The van der Waals surface area contributed by atoms with Gasteiger partial charge in [-0.2, -0.15) is 0 Å². The molecular formula is C17H34IN3O. The Balaban J connectivity index is 0.00000242. The van der Waals surface area contributed by atoms with Crippen LogP contribution in [0, 0.1) is 11.8 Å². The molecule has 0 aliphatic heterocycles. The Morgan fingerprint density at radius 1 is 1.18 bits per heavy atom. The van der Waals surface area contributed by atoms with Crippen LogP contribution in [-0.4, -0.2) is 51.3 Å². The third-order valence-electron chi connectivity index (χ3n) is 4.74. The van der Waals surface area contributed by atoms with Crippen LogP contribution in [0.1, 0.15) is 51.4 Å². The predicted octanol–water partition coefficient (Wildman–Crippen LogP) is 3.51. The summed E-state index contributed by atoms with van der Waals surface area (Å²) in [5.41, 5.74) is 0. The normalized spacial score (nSPS) is 19.1. The van der Waals surface area contributed by atoms with E-state index in [1.807, 2.05) is 7.05 Å². The third kappa shape index (κ3) is 7.99. The third-order valence-corrected chi connectivity index (χ3v) is 4.74. The van der Waals surface area contributed by atoms with Gasteiger partial charge in [-0.25, -0.2) is 0 Å². The van der Waals surface area contributed by atoms with E-state index in [1.54, 1.807) is 0 Å². The number of halogens is 1. The molecule has 130 valence electrons. The molecule has 0 aromatic rings. The molecule has 2 rings (SSSR count). The predicted molar refractivity (Wildman–Crippen MR) is 104 cm³/mol. The van der Waals surface area contributed by atoms with E-state index < -0.39 is 0 Å². The van der Waals surface area contributed by atoms with Crippen molar-refractivity contribution in [1.29, 1.82) is 0 Å². The topological polar surface area (TPSA) is 36.9 Å². The maximum atomic E-state index is 5.69. The number of guanidine groups is 1. The molecule has 5 heteroatoms. The molecule has 0 saturated heterocycles. The van der Waals surface area contributed by atoms with Gasteiger partial charge in [-0.05, 0) is 37.5 Å². The summed E-state index contributed by atoms with van der Waals surface area (Å²) in [6.45, 7) is 3.70.